The third-order valence-corrected chi connectivity index (χ3v) is 13.0. The van der Waals surface area contributed by atoms with Crippen LogP contribution in [-0.2, 0) is 38.2 Å². The van der Waals surface area contributed by atoms with Gasteiger partial charge in [0.2, 0.25) is 0 Å². The molecule has 0 radical (unpaired) electrons. The van der Waals surface area contributed by atoms with Gasteiger partial charge in [0.15, 0.2) is 0 Å². The molecule has 0 aliphatic rings. The minimum Gasteiger partial charge on any atom is -0.391 e. The van der Waals surface area contributed by atoms with E-state index in [0.717, 1.165) is 66.3 Å². The number of H-pyrrole nitrogens is 2. The quantitative estimate of drug-likeness (QED) is 0.0440. The fourth-order valence-electron chi connectivity index (χ4n) is 9.82. The fourth-order valence-corrected chi connectivity index (χ4v) is 9.82. The zero-order valence-electron chi connectivity index (χ0n) is 36.9. The molecule has 0 spiro atoms. The SMILES string of the molecule is O=C(OC(=O)[C@@H](Cc1c[nH]c2ccccc12)NC(c1ccccc1)(c1ccccc1)c1ccccc1)[C@H](Cc1c[nH]c2ccccc12)NC(c1ccccc1)(c1ccccc1)c1ccccc1. The van der Waals surface area contributed by atoms with E-state index in [2.05, 4.69) is 93.4 Å². The van der Waals surface area contributed by atoms with Crippen molar-refractivity contribution in [3.05, 3.63) is 287 Å². The van der Waals surface area contributed by atoms with Crippen LogP contribution in [0.4, 0.5) is 0 Å². The second-order valence-electron chi connectivity index (χ2n) is 17.0. The molecule has 0 aliphatic carbocycles. The molecule has 0 saturated carbocycles. The van der Waals surface area contributed by atoms with Crippen molar-refractivity contribution in [1.29, 1.82) is 0 Å². The third-order valence-electron chi connectivity index (χ3n) is 13.0. The molecule has 0 amide bonds. The van der Waals surface area contributed by atoms with Crippen LogP contribution in [0.2, 0.25) is 0 Å². The van der Waals surface area contributed by atoms with Crippen molar-refractivity contribution in [2.75, 3.05) is 0 Å². The number of aromatic nitrogens is 2. The molecule has 0 saturated heterocycles. The zero-order chi connectivity index (χ0) is 45.5. The standard InChI is InChI=1S/C60H50N4O3/c65-57(55(39-43-41-61-53-37-21-19-35-51(43)53)63-59(45-23-7-1-8-24-45,46-25-9-2-10-26-46)47-27-11-3-12-28-47)67-58(66)56(40-44-42-62-54-38-22-20-36-52(44)54)64-60(48-29-13-4-14-30-48,49-31-15-5-16-32-49)50-33-17-6-18-34-50/h1-38,41-42,55-56,61-64H,39-40H2/t55-,56+. The number of aromatic amines is 2. The van der Waals surface area contributed by atoms with Gasteiger partial charge in [-0.15, -0.1) is 0 Å². The van der Waals surface area contributed by atoms with Crippen LogP contribution >= 0.6 is 0 Å². The molecule has 0 bridgehead atoms. The molecule has 8 aromatic carbocycles. The van der Waals surface area contributed by atoms with Crippen LogP contribution in [0.1, 0.15) is 44.5 Å². The normalized spacial score (nSPS) is 12.7. The van der Waals surface area contributed by atoms with Gasteiger partial charge in [0, 0.05) is 47.0 Å². The van der Waals surface area contributed by atoms with Gasteiger partial charge in [-0.3, -0.25) is 10.6 Å². The van der Waals surface area contributed by atoms with Crippen LogP contribution in [0.15, 0.2) is 243 Å². The number of ether oxygens (including phenoxy) is 1. The number of nitrogens with one attached hydrogen (secondary N) is 4. The Morgan fingerprint density at radius 1 is 0.373 bits per heavy atom. The lowest BCUT2D eigenvalue weighted by Crippen LogP contribution is -2.56. The lowest BCUT2D eigenvalue weighted by atomic mass is 9.76. The first-order valence-corrected chi connectivity index (χ1v) is 22.8. The van der Waals surface area contributed by atoms with Gasteiger partial charge in [0.05, 0.1) is 11.1 Å². The number of carbonyl (C=O) groups excluding carboxylic acids is 2. The summed E-state index contributed by atoms with van der Waals surface area (Å²) in [6.07, 6.45) is 4.32. The molecule has 0 unspecified atom stereocenters. The summed E-state index contributed by atoms with van der Waals surface area (Å²) in [6, 6.07) is 74.9. The Bertz CT molecular complexity index is 2800. The van der Waals surface area contributed by atoms with Crippen molar-refractivity contribution < 1.29 is 14.3 Å². The number of benzene rings is 8. The van der Waals surface area contributed by atoms with E-state index >= 15 is 9.59 Å². The molecule has 0 aliphatic heterocycles. The molecular weight excluding hydrogens is 825 g/mol. The summed E-state index contributed by atoms with van der Waals surface area (Å²) >= 11 is 0. The Morgan fingerprint density at radius 2 is 0.627 bits per heavy atom. The second kappa shape index (κ2) is 19.2. The highest BCUT2D eigenvalue weighted by Crippen LogP contribution is 2.40. The lowest BCUT2D eigenvalue weighted by Gasteiger charge is -2.40. The highest BCUT2D eigenvalue weighted by Gasteiger charge is 2.44. The van der Waals surface area contributed by atoms with Crippen molar-refractivity contribution >= 4 is 33.7 Å². The van der Waals surface area contributed by atoms with Crippen LogP contribution in [0.5, 0.6) is 0 Å². The van der Waals surface area contributed by atoms with Gasteiger partial charge < -0.3 is 14.7 Å². The van der Waals surface area contributed by atoms with Gasteiger partial charge in [0.1, 0.15) is 12.1 Å². The summed E-state index contributed by atoms with van der Waals surface area (Å²) in [5.74, 6) is -1.39. The maximum Gasteiger partial charge on any atom is 0.331 e. The van der Waals surface area contributed by atoms with Gasteiger partial charge in [-0.05, 0) is 56.6 Å². The summed E-state index contributed by atoms with van der Waals surface area (Å²) < 4.78 is 6.38. The number of para-hydroxylation sites is 2. The van der Waals surface area contributed by atoms with Crippen LogP contribution in [0, 0.1) is 0 Å². The van der Waals surface area contributed by atoms with E-state index in [0.29, 0.717) is 0 Å². The molecule has 67 heavy (non-hydrogen) atoms. The average Bonchev–Trinajstić information content (AvgIpc) is 4.01. The Hall–Kier alpha value is -8.10. The fraction of sp³-hybridized carbons (Fsp3) is 0.100. The number of hydrogen-bond acceptors (Lipinski definition) is 5. The van der Waals surface area contributed by atoms with E-state index in [9.17, 15) is 0 Å². The Labute approximate surface area is 390 Å². The van der Waals surface area contributed by atoms with Crippen LogP contribution in [0.3, 0.4) is 0 Å². The van der Waals surface area contributed by atoms with Crippen LogP contribution < -0.4 is 10.6 Å². The topological polar surface area (TPSA) is 99.0 Å². The Kier molecular flexibility index (Phi) is 12.3. The van der Waals surface area contributed by atoms with Crippen molar-refractivity contribution in [3.63, 3.8) is 0 Å². The summed E-state index contributed by atoms with van der Waals surface area (Å²) in [6.45, 7) is 0. The average molecular weight is 875 g/mol. The lowest BCUT2D eigenvalue weighted by molar-refractivity contribution is -0.163. The molecule has 328 valence electrons. The second-order valence-corrected chi connectivity index (χ2v) is 17.0. The Morgan fingerprint density at radius 3 is 0.910 bits per heavy atom. The van der Waals surface area contributed by atoms with E-state index in [4.69, 9.17) is 4.74 Å². The van der Waals surface area contributed by atoms with Crippen LogP contribution in [-0.4, -0.2) is 34.0 Å². The van der Waals surface area contributed by atoms with Crippen molar-refractivity contribution in [1.82, 2.24) is 20.6 Å². The maximum absolute atomic E-state index is 15.5. The van der Waals surface area contributed by atoms with Crippen LogP contribution in [0.25, 0.3) is 21.8 Å². The number of rotatable bonds is 16. The number of fused-ring (bicyclic) bond motifs is 2. The predicted molar refractivity (Wildman–Crippen MR) is 267 cm³/mol. The minimum atomic E-state index is -1.05. The van der Waals surface area contributed by atoms with Gasteiger partial charge >= 0.3 is 11.9 Å². The van der Waals surface area contributed by atoms with Crippen molar-refractivity contribution in [2.45, 2.75) is 36.0 Å². The molecule has 10 rings (SSSR count). The van der Waals surface area contributed by atoms with E-state index < -0.39 is 35.1 Å². The summed E-state index contributed by atoms with van der Waals surface area (Å²) in [4.78, 5) is 37.9. The summed E-state index contributed by atoms with van der Waals surface area (Å²) in [5.41, 5.74) is 7.16. The summed E-state index contributed by atoms with van der Waals surface area (Å²) in [7, 11) is 0. The molecule has 7 heteroatoms. The van der Waals surface area contributed by atoms with Crippen molar-refractivity contribution in [3.8, 4) is 0 Å². The molecule has 2 aromatic heterocycles. The number of esters is 2. The van der Waals surface area contributed by atoms with Gasteiger partial charge in [-0.2, -0.15) is 0 Å². The van der Waals surface area contributed by atoms with Crippen molar-refractivity contribution in [2.24, 2.45) is 0 Å². The molecule has 4 N–H and O–H groups in total. The zero-order valence-corrected chi connectivity index (χ0v) is 36.9. The molecule has 10 aromatic rings. The smallest absolute Gasteiger partial charge is 0.331 e. The largest absolute Gasteiger partial charge is 0.391 e. The van der Waals surface area contributed by atoms with E-state index in [1.54, 1.807) is 0 Å². The van der Waals surface area contributed by atoms with E-state index in [-0.39, 0.29) is 12.8 Å². The third kappa shape index (κ3) is 8.50. The molecule has 2 atom stereocenters. The molecular formula is C60H50N4O3. The molecule has 0 fully saturated rings. The van der Waals surface area contributed by atoms with Gasteiger partial charge in [-0.25, -0.2) is 9.59 Å². The highest BCUT2D eigenvalue weighted by atomic mass is 16.6. The first-order chi connectivity index (χ1) is 33.0. The molecule has 2 heterocycles. The summed E-state index contributed by atoms with van der Waals surface area (Å²) in [5, 5.41) is 9.75. The van der Waals surface area contributed by atoms with E-state index in [1.165, 1.54) is 0 Å². The predicted octanol–water partition coefficient (Wildman–Crippen LogP) is 11.4. The number of hydrogen-bond donors (Lipinski definition) is 4. The minimum absolute atomic E-state index is 0.215. The number of carbonyl (C=O) groups is 2. The monoisotopic (exact) mass is 874 g/mol. The maximum atomic E-state index is 15.5. The van der Waals surface area contributed by atoms with Gasteiger partial charge in [0.25, 0.3) is 0 Å². The first-order valence-electron chi connectivity index (χ1n) is 22.8. The van der Waals surface area contributed by atoms with Gasteiger partial charge in [-0.1, -0.05) is 218 Å². The highest BCUT2D eigenvalue weighted by molar-refractivity contribution is 5.93. The molecule has 7 nitrogen and oxygen atoms in total. The Balaban J connectivity index is 1.11. The van der Waals surface area contributed by atoms with E-state index in [1.807, 2.05) is 170 Å². The first kappa shape index (κ1) is 42.8.